The number of para-hydroxylation sites is 1. The lowest BCUT2D eigenvalue weighted by molar-refractivity contribution is -0.0518. The summed E-state index contributed by atoms with van der Waals surface area (Å²) in [4.78, 5) is 4.05. The molecule has 0 spiro atoms. The highest BCUT2D eigenvalue weighted by Crippen LogP contribution is 2.32. The van der Waals surface area contributed by atoms with Crippen molar-refractivity contribution in [3.8, 4) is 11.5 Å². The normalized spacial score (nSPS) is 10.9. The molecule has 1 N–H and O–H groups in total. The van der Waals surface area contributed by atoms with Gasteiger partial charge in [-0.1, -0.05) is 12.1 Å². The monoisotopic (exact) mass is 298 g/mol. The van der Waals surface area contributed by atoms with Crippen molar-refractivity contribution >= 4 is 0 Å². The quantitative estimate of drug-likeness (QED) is 0.852. The second-order valence-corrected chi connectivity index (χ2v) is 4.30. The molecule has 21 heavy (non-hydrogen) atoms. The number of aromatic nitrogens is 1. The Labute approximate surface area is 120 Å². The molecular weight excluding hydrogens is 282 g/mol. The summed E-state index contributed by atoms with van der Waals surface area (Å²) in [6.07, 6.45) is 1.62. The molecule has 0 saturated carbocycles. The number of oxazole rings is 1. The molecule has 2 rings (SSSR count). The molecule has 5 nitrogen and oxygen atoms in total. The fraction of sp³-hybridized carbons (Fsp3) is 0.357. The van der Waals surface area contributed by atoms with Crippen LogP contribution in [0.3, 0.4) is 0 Å². The van der Waals surface area contributed by atoms with E-state index in [1.807, 2.05) is 0 Å². The molecule has 2 aromatic rings. The first-order valence-corrected chi connectivity index (χ1v) is 6.33. The van der Waals surface area contributed by atoms with Crippen molar-refractivity contribution in [1.82, 2.24) is 10.3 Å². The summed E-state index contributed by atoms with van der Waals surface area (Å²) >= 11 is 0. The van der Waals surface area contributed by atoms with E-state index in [9.17, 15) is 8.78 Å². The van der Waals surface area contributed by atoms with Crippen molar-refractivity contribution in [3.63, 3.8) is 0 Å². The highest BCUT2D eigenvalue weighted by Gasteiger charge is 2.15. The summed E-state index contributed by atoms with van der Waals surface area (Å²) in [5.41, 5.74) is 0.568. The number of nitrogens with one attached hydrogen (secondary N) is 1. The highest BCUT2D eigenvalue weighted by atomic mass is 19.3. The molecule has 114 valence electrons. The number of nitrogens with zero attached hydrogens (tertiary/aromatic N) is 1. The zero-order valence-electron chi connectivity index (χ0n) is 11.7. The van der Waals surface area contributed by atoms with Crippen molar-refractivity contribution in [2.75, 3.05) is 7.11 Å². The fourth-order valence-corrected chi connectivity index (χ4v) is 1.87. The van der Waals surface area contributed by atoms with Crippen LogP contribution in [0.5, 0.6) is 11.5 Å². The summed E-state index contributed by atoms with van der Waals surface area (Å²) in [7, 11) is 1.40. The van der Waals surface area contributed by atoms with Crippen LogP contribution in [0.25, 0.3) is 0 Å². The van der Waals surface area contributed by atoms with Crippen molar-refractivity contribution in [2.45, 2.75) is 26.6 Å². The van der Waals surface area contributed by atoms with E-state index in [1.165, 1.54) is 7.11 Å². The van der Waals surface area contributed by atoms with Crippen molar-refractivity contribution in [1.29, 1.82) is 0 Å². The zero-order valence-corrected chi connectivity index (χ0v) is 11.7. The average Bonchev–Trinajstić information content (AvgIpc) is 2.85. The Morgan fingerprint density at radius 1 is 1.33 bits per heavy atom. The summed E-state index contributed by atoms with van der Waals surface area (Å²) in [6.45, 7) is -0.401. The Balaban J connectivity index is 2.04. The number of ether oxygens (including phenoxy) is 2. The maximum Gasteiger partial charge on any atom is 0.387 e. The lowest BCUT2D eigenvalue weighted by Crippen LogP contribution is -2.15. The van der Waals surface area contributed by atoms with Gasteiger partial charge in [0.25, 0.3) is 0 Å². The predicted molar refractivity (Wildman–Crippen MR) is 71.4 cm³/mol. The van der Waals surface area contributed by atoms with Crippen LogP contribution in [-0.2, 0) is 13.1 Å². The van der Waals surface area contributed by atoms with Crippen LogP contribution in [0.15, 0.2) is 28.8 Å². The van der Waals surface area contributed by atoms with E-state index in [4.69, 9.17) is 9.15 Å². The van der Waals surface area contributed by atoms with Gasteiger partial charge in [0, 0.05) is 12.1 Å². The van der Waals surface area contributed by atoms with E-state index in [1.54, 1.807) is 31.3 Å². The third kappa shape index (κ3) is 4.16. The molecule has 0 aliphatic rings. The Morgan fingerprint density at radius 3 is 2.76 bits per heavy atom. The Hall–Kier alpha value is -2.15. The van der Waals surface area contributed by atoms with Gasteiger partial charge in [0.1, 0.15) is 5.76 Å². The Morgan fingerprint density at radius 2 is 2.14 bits per heavy atom. The van der Waals surface area contributed by atoms with Gasteiger partial charge in [-0.2, -0.15) is 8.78 Å². The molecule has 0 atom stereocenters. The first kappa shape index (κ1) is 15.2. The molecule has 0 amide bonds. The number of benzene rings is 1. The standard InChI is InChI=1S/C14H16F2N2O3/c1-9-6-18-12(20-9)8-17-7-10-4-3-5-11(19-2)13(10)21-14(15)16/h3-6,14,17H,7-8H2,1-2H3. The molecule has 1 heterocycles. The van der Waals surface area contributed by atoms with Gasteiger partial charge in [0.05, 0.1) is 19.9 Å². The lowest BCUT2D eigenvalue weighted by atomic mass is 10.2. The molecule has 7 heteroatoms. The topological polar surface area (TPSA) is 56.5 Å². The second kappa shape index (κ2) is 7.03. The molecule has 0 aliphatic heterocycles. The van der Waals surface area contributed by atoms with E-state index < -0.39 is 6.61 Å². The maximum absolute atomic E-state index is 12.5. The molecule has 0 radical (unpaired) electrons. The van der Waals surface area contributed by atoms with Crippen molar-refractivity contribution in [2.24, 2.45) is 0 Å². The number of rotatable bonds is 7. The number of hydrogen-bond donors (Lipinski definition) is 1. The number of alkyl halides is 2. The highest BCUT2D eigenvalue weighted by molar-refractivity contribution is 5.46. The van der Waals surface area contributed by atoms with Gasteiger partial charge in [0.2, 0.25) is 5.89 Å². The van der Waals surface area contributed by atoms with Gasteiger partial charge in [-0.25, -0.2) is 4.98 Å². The van der Waals surface area contributed by atoms with Crippen LogP contribution in [0.4, 0.5) is 8.78 Å². The van der Waals surface area contributed by atoms with Gasteiger partial charge in [-0.3, -0.25) is 0 Å². The molecule has 1 aromatic heterocycles. The Kier molecular flexibility index (Phi) is 5.10. The van der Waals surface area contributed by atoms with E-state index in [0.717, 1.165) is 5.76 Å². The minimum atomic E-state index is -2.91. The van der Waals surface area contributed by atoms with Crippen LogP contribution in [0, 0.1) is 6.92 Å². The van der Waals surface area contributed by atoms with Crippen LogP contribution < -0.4 is 14.8 Å². The fourth-order valence-electron chi connectivity index (χ4n) is 1.87. The first-order chi connectivity index (χ1) is 10.1. The minimum Gasteiger partial charge on any atom is -0.493 e. The van der Waals surface area contributed by atoms with E-state index >= 15 is 0 Å². The molecule has 0 fully saturated rings. The van der Waals surface area contributed by atoms with E-state index in [0.29, 0.717) is 24.5 Å². The van der Waals surface area contributed by atoms with Crippen LogP contribution >= 0.6 is 0 Å². The minimum absolute atomic E-state index is 0.0334. The van der Waals surface area contributed by atoms with Gasteiger partial charge in [0.15, 0.2) is 11.5 Å². The second-order valence-electron chi connectivity index (χ2n) is 4.30. The number of aryl methyl sites for hydroxylation is 1. The molecule has 0 unspecified atom stereocenters. The summed E-state index contributed by atoms with van der Waals surface area (Å²) < 4.78 is 39.9. The largest absolute Gasteiger partial charge is 0.493 e. The summed E-state index contributed by atoms with van der Waals surface area (Å²) in [5, 5.41) is 3.06. The molecule has 0 aliphatic carbocycles. The molecule has 0 saturated heterocycles. The van der Waals surface area contributed by atoms with Crippen LogP contribution in [0.2, 0.25) is 0 Å². The first-order valence-electron chi connectivity index (χ1n) is 6.33. The third-order valence-electron chi connectivity index (χ3n) is 2.75. The summed E-state index contributed by atoms with van der Waals surface area (Å²) in [6, 6.07) is 4.97. The third-order valence-corrected chi connectivity index (χ3v) is 2.75. The predicted octanol–water partition coefficient (Wildman–Crippen LogP) is 2.88. The number of hydrogen-bond acceptors (Lipinski definition) is 5. The van der Waals surface area contributed by atoms with Gasteiger partial charge >= 0.3 is 6.61 Å². The van der Waals surface area contributed by atoms with E-state index in [2.05, 4.69) is 15.0 Å². The molecule has 0 bridgehead atoms. The van der Waals surface area contributed by atoms with E-state index in [-0.39, 0.29) is 11.5 Å². The lowest BCUT2D eigenvalue weighted by Gasteiger charge is -2.14. The smallest absolute Gasteiger partial charge is 0.387 e. The number of halogens is 2. The van der Waals surface area contributed by atoms with Gasteiger partial charge in [-0.05, 0) is 13.0 Å². The van der Waals surface area contributed by atoms with Crippen LogP contribution in [0.1, 0.15) is 17.2 Å². The van der Waals surface area contributed by atoms with Crippen molar-refractivity contribution < 1.29 is 22.7 Å². The Bertz CT molecular complexity index is 587. The molecule has 1 aromatic carbocycles. The zero-order chi connectivity index (χ0) is 15.2. The van der Waals surface area contributed by atoms with Gasteiger partial charge in [-0.15, -0.1) is 0 Å². The average molecular weight is 298 g/mol. The SMILES string of the molecule is COc1cccc(CNCc2ncc(C)o2)c1OC(F)F. The van der Waals surface area contributed by atoms with Gasteiger partial charge < -0.3 is 19.2 Å². The van der Waals surface area contributed by atoms with Crippen molar-refractivity contribution in [3.05, 3.63) is 41.6 Å². The maximum atomic E-state index is 12.5. The number of methoxy groups -OCH3 is 1. The molecular formula is C14H16F2N2O3. The summed E-state index contributed by atoms with van der Waals surface area (Å²) in [5.74, 6) is 1.55. The van der Waals surface area contributed by atoms with Crippen LogP contribution in [-0.4, -0.2) is 18.7 Å².